The lowest BCUT2D eigenvalue weighted by molar-refractivity contribution is -0.136. The van der Waals surface area contributed by atoms with E-state index in [-0.39, 0.29) is 24.2 Å². The van der Waals surface area contributed by atoms with E-state index < -0.39 is 0 Å². The van der Waals surface area contributed by atoms with E-state index >= 15 is 0 Å². The monoisotopic (exact) mass is 342 g/mol. The maximum Gasteiger partial charge on any atom is 0.227 e. The van der Waals surface area contributed by atoms with Gasteiger partial charge in [-0.1, -0.05) is 12.1 Å². The Morgan fingerprint density at radius 1 is 1.19 bits per heavy atom. The van der Waals surface area contributed by atoms with Gasteiger partial charge in [-0.15, -0.1) is 35.1 Å². The van der Waals surface area contributed by atoms with Crippen LogP contribution in [0.25, 0.3) is 0 Å². The molecule has 1 saturated heterocycles. The number of nitrogens with one attached hydrogen (secondary N) is 1. The first-order chi connectivity index (χ1) is 9.83. The lowest BCUT2D eigenvalue weighted by Crippen LogP contribution is -2.35. The van der Waals surface area contributed by atoms with Crippen LogP contribution in [-0.2, 0) is 17.9 Å². The Balaban J connectivity index is 0.00000161. The smallest absolute Gasteiger partial charge is 0.227 e. The Kier molecular flexibility index (Phi) is 6.23. The highest BCUT2D eigenvalue weighted by molar-refractivity contribution is 7.10. The van der Waals surface area contributed by atoms with Crippen LogP contribution in [0.3, 0.4) is 0 Å². The van der Waals surface area contributed by atoms with Crippen molar-refractivity contribution in [2.24, 2.45) is 5.92 Å². The molecule has 1 amide bonds. The fraction of sp³-hybridized carbons (Fsp3) is 0.400. The van der Waals surface area contributed by atoms with Gasteiger partial charge in [0, 0.05) is 16.3 Å². The number of rotatable bonds is 5. The molecule has 0 aromatic carbocycles. The fourth-order valence-electron chi connectivity index (χ4n) is 2.52. The van der Waals surface area contributed by atoms with Gasteiger partial charge in [-0.05, 0) is 35.9 Å². The van der Waals surface area contributed by atoms with E-state index in [1.807, 2.05) is 17.0 Å². The highest BCUT2D eigenvalue weighted by Crippen LogP contribution is 2.21. The molecule has 2 aromatic rings. The van der Waals surface area contributed by atoms with Crippen molar-refractivity contribution in [2.75, 3.05) is 13.1 Å². The van der Waals surface area contributed by atoms with E-state index in [1.54, 1.807) is 22.7 Å². The number of hydrogen-bond acceptors (Lipinski definition) is 4. The van der Waals surface area contributed by atoms with Crippen molar-refractivity contribution in [3.05, 3.63) is 44.8 Å². The van der Waals surface area contributed by atoms with Gasteiger partial charge in [-0.25, -0.2) is 0 Å². The fourth-order valence-corrected chi connectivity index (χ4v) is 3.96. The number of halogens is 1. The van der Waals surface area contributed by atoms with Gasteiger partial charge >= 0.3 is 0 Å². The number of nitrogens with zero attached hydrogens (tertiary/aromatic N) is 1. The van der Waals surface area contributed by atoms with E-state index in [0.29, 0.717) is 0 Å². The Labute approximate surface area is 139 Å². The molecule has 3 rings (SSSR count). The van der Waals surface area contributed by atoms with Crippen LogP contribution < -0.4 is 5.32 Å². The second-order valence-electron chi connectivity index (χ2n) is 5.04. The minimum absolute atomic E-state index is 0. The number of carbonyl (C=O) groups is 1. The zero-order chi connectivity index (χ0) is 13.8. The van der Waals surface area contributed by atoms with Crippen LogP contribution in [0, 0.1) is 5.92 Å². The molecule has 0 saturated carbocycles. The van der Waals surface area contributed by atoms with Gasteiger partial charge in [0.05, 0.1) is 19.0 Å². The summed E-state index contributed by atoms with van der Waals surface area (Å²) in [5, 5.41) is 7.42. The molecule has 1 unspecified atom stereocenters. The average molecular weight is 343 g/mol. The van der Waals surface area contributed by atoms with E-state index in [4.69, 9.17) is 0 Å². The lowest BCUT2D eigenvalue weighted by Gasteiger charge is -2.24. The maximum absolute atomic E-state index is 12.7. The van der Waals surface area contributed by atoms with Gasteiger partial charge < -0.3 is 10.2 Å². The van der Waals surface area contributed by atoms with E-state index in [9.17, 15) is 4.79 Å². The minimum atomic E-state index is 0. The Bertz CT molecular complexity index is 500. The molecule has 21 heavy (non-hydrogen) atoms. The summed E-state index contributed by atoms with van der Waals surface area (Å²) in [6.07, 6.45) is 0.963. The van der Waals surface area contributed by atoms with Crippen molar-refractivity contribution in [1.29, 1.82) is 0 Å². The third-order valence-corrected chi connectivity index (χ3v) is 5.30. The summed E-state index contributed by atoms with van der Waals surface area (Å²) >= 11 is 3.44. The van der Waals surface area contributed by atoms with Gasteiger partial charge in [0.15, 0.2) is 0 Å². The lowest BCUT2D eigenvalue weighted by atomic mass is 10.1. The standard InChI is InChI=1S/C15H18N2OS2.ClH/c18-15(12-5-6-16-9-12)17(10-13-3-1-7-19-13)11-14-4-2-8-20-14;/h1-4,7-8,12,16H,5-6,9-11H2;1H. The third-order valence-electron chi connectivity index (χ3n) is 3.57. The van der Waals surface area contributed by atoms with Crippen LogP contribution >= 0.6 is 35.1 Å². The van der Waals surface area contributed by atoms with Gasteiger partial charge in [0.2, 0.25) is 5.91 Å². The van der Waals surface area contributed by atoms with Gasteiger partial charge in [0.25, 0.3) is 0 Å². The first kappa shape index (κ1) is 16.5. The van der Waals surface area contributed by atoms with Crippen LogP contribution in [0.15, 0.2) is 35.0 Å². The molecular weight excluding hydrogens is 324 g/mol. The summed E-state index contributed by atoms with van der Waals surface area (Å²) in [4.78, 5) is 17.2. The summed E-state index contributed by atoms with van der Waals surface area (Å²) < 4.78 is 0. The molecule has 1 atom stereocenters. The highest BCUT2D eigenvalue weighted by atomic mass is 35.5. The van der Waals surface area contributed by atoms with Crippen molar-refractivity contribution < 1.29 is 4.79 Å². The van der Waals surface area contributed by atoms with Crippen molar-refractivity contribution in [2.45, 2.75) is 19.5 Å². The van der Waals surface area contributed by atoms with Crippen LogP contribution in [0.1, 0.15) is 16.2 Å². The number of carbonyl (C=O) groups excluding carboxylic acids is 1. The number of amides is 1. The van der Waals surface area contributed by atoms with E-state index in [2.05, 4.69) is 28.2 Å². The zero-order valence-electron chi connectivity index (χ0n) is 11.7. The predicted octanol–water partition coefficient (Wildman–Crippen LogP) is 3.37. The quantitative estimate of drug-likeness (QED) is 0.903. The molecule has 3 heterocycles. The molecule has 0 bridgehead atoms. The summed E-state index contributed by atoms with van der Waals surface area (Å²) in [7, 11) is 0. The van der Waals surface area contributed by atoms with Crippen molar-refractivity contribution in [3.63, 3.8) is 0 Å². The Morgan fingerprint density at radius 3 is 2.24 bits per heavy atom. The topological polar surface area (TPSA) is 32.3 Å². The van der Waals surface area contributed by atoms with Gasteiger partial charge in [0.1, 0.15) is 0 Å². The zero-order valence-corrected chi connectivity index (χ0v) is 14.1. The van der Waals surface area contributed by atoms with Crippen LogP contribution in [0.2, 0.25) is 0 Å². The third kappa shape index (κ3) is 4.30. The highest BCUT2D eigenvalue weighted by Gasteiger charge is 2.27. The first-order valence-electron chi connectivity index (χ1n) is 6.87. The summed E-state index contributed by atoms with van der Waals surface area (Å²) in [5.74, 6) is 0.437. The van der Waals surface area contributed by atoms with E-state index in [1.165, 1.54) is 9.75 Å². The van der Waals surface area contributed by atoms with Crippen molar-refractivity contribution in [1.82, 2.24) is 10.2 Å². The van der Waals surface area contributed by atoms with Crippen LogP contribution in [0.4, 0.5) is 0 Å². The Morgan fingerprint density at radius 2 is 1.81 bits per heavy atom. The molecule has 1 fully saturated rings. The molecule has 6 heteroatoms. The SMILES string of the molecule is Cl.O=C(C1CCNC1)N(Cc1cccs1)Cc1cccs1. The molecule has 1 aliphatic rings. The van der Waals surface area contributed by atoms with Crippen molar-refractivity contribution >= 4 is 41.0 Å². The number of hydrogen-bond donors (Lipinski definition) is 1. The van der Waals surface area contributed by atoms with Crippen molar-refractivity contribution in [3.8, 4) is 0 Å². The van der Waals surface area contributed by atoms with Crippen LogP contribution in [0.5, 0.6) is 0 Å². The predicted molar refractivity (Wildman–Crippen MR) is 91.1 cm³/mol. The molecule has 0 spiro atoms. The normalized spacial score (nSPS) is 17.4. The van der Waals surface area contributed by atoms with Gasteiger partial charge in [-0.2, -0.15) is 0 Å². The van der Waals surface area contributed by atoms with Crippen LogP contribution in [-0.4, -0.2) is 23.9 Å². The Hall–Kier alpha value is -0.880. The average Bonchev–Trinajstić information content (AvgIpc) is 3.20. The molecule has 1 N–H and O–H groups in total. The van der Waals surface area contributed by atoms with Gasteiger partial charge in [-0.3, -0.25) is 4.79 Å². The summed E-state index contributed by atoms with van der Waals surface area (Å²) in [6.45, 7) is 3.24. The molecule has 2 aromatic heterocycles. The second kappa shape index (κ2) is 7.94. The summed E-state index contributed by atoms with van der Waals surface area (Å²) in [6, 6.07) is 8.30. The maximum atomic E-state index is 12.7. The molecule has 0 aliphatic carbocycles. The first-order valence-corrected chi connectivity index (χ1v) is 8.63. The largest absolute Gasteiger partial charge is 0.332 e. The molecular formula is C15H19ClN2OS2. The second-order valence-corrected chi connectivity index (χ2v) is 7.11. The molecule has 0 radical (unpaired) electrons. The molecule has 114 valence electrons. The molecule has 1 aliphatic heterocycles. The van der Waals surface area contributed by atoms with E-state index in [0.717, 1.165) is 32.6 Å². The summed E-state index contributed by atoms with van der Waals surface area (Å²) in [5.41, 5.74) is 0. The minimum Gasteiger partial charge on any atom is -0.332 e. The molecule has 3 nitrogen and oxygen atoms in total. The number of thiophene rings is 2.